The van der Waals surface area contributed by atoms with E-state index in [1.54, 1.807) is 48.5 Å². The van der Waals surface area contributed by atoms with Crippen molar-refractivity contribution in [2.75, 3.05) is 0 Å². The summed E-state index contributed by atoms with van der Waals surface area (Å²) in [6, 6.07) is 18.0. The van der Waals surface area contributed by atoms with E-state index in [4.69, 9.17) is 14.6 Å². The Balaban J connectivity index is 1.88. The Hall–Kier alpha value is -3.41. The van der Waals surface area contributed by atoms with Crippen LogP contribution in [0, 0.1) is 0 Å². The molecule has 0 fully saturated rings. The summed E-state index contributed by atoms with van der Waals surface area (Å²) in [5.41, 5.74) is 1.17. The molecule has 6 heteroatoms. The van der Waals surface area contributed by atoms with E-state index in [1.165, 1.54) is 0 Å². The van der Waals surface area contributed by atoms with E-state index in [0.29, 0.717) is 0 Å². The lowest BCUT2D eigenvalue weighted by Gasteiger charge is -2.06. The number of rotatable bonds is 8. The molecule has 0 saturated heterocycles. The molecule has 2 rings (SSSR count). The van der Waals surface area contributed by atoms with Gasteiger partial charge in [-0.05, 0) is 11.1 Å². The van der Waals surface area contributed by atoms with Crippen molar-refractivity contribution >= 4 is 17.9 Å². The molecule has 0 bridgehead atoms. The summed E-state index contributed by atoms with van der Waals surface area (Å²) in [5, 5.41) is 9.16. The minimum absolute atomic E-state index is 0.0154. The maximum absolute atomic E-state index is 11.8. The van der Waals surface area contributed by atoms with Gasteiger partial charge in [0.25, 0.3) is 0 Å². The molecule has 26 heavy (non-hydrogen) atoms. The summed E-state index contributed by atoms with van der Waals surface area (Å²) in [5.74, 6) is -2.95. The number of aliphatic carboxylic acids is 1. The highest BCUT2D eigenvalue weighted by atomic mass is 16.5. The van der Waals surface area contributed by atoms with E-state index in [1.807, 2.05) is 12.1 Å². The number of carboxylic acid groups (broad SMARTS) is 1. The minimum Gasteiger partial charge on any atom is -0.478 e. The van der Waals surface area contributed by atoms with Gasteiger partial charge in [0.1, 0.15) is 13.2 Å². The molecule has 0 aliphatic rings. The maximum atomic E-state index is 11.8. The van der Waals surface area contributed by atoms with Crippen LogP contribution in [0.1, 0.15) is 17.5 Å². The van der Waals surface area contributed by atoms with Crippen LogP contribution in [0.3, 0.4) is 0 Å². The van der Waals surface area contributed by atoms with Gasteiger partial charge in [0, 0.05) is 6.08 Å². The molecule has 6 nitrogen and oxygen atoms in total. The Morgan fingerprint density at radius 3 is 1.81 bits per heavy atom. The second-order valence-electron chi connectivity index (χ2n) is 5.39. The SMILES string of the molecule is O=C(C=C(CC(=O)OCc1ccccc1)C(=O)O)OCc1ccccc1. The molecule has 0 unspecified atom stereocenters. The van der Waals surface area contributed by atoms with Crippen molar-refractivity contribution in [2.24, 2.45) is 0 Å². The van der Waals surface area contributed by atoms with Gasteiger partial charge in [-0.1, -0.05) is 60.7 Å². The highest BCUT2D eigenvalue weighted by molar-refractivity contribution is 5.98. The van der Waals surface area contributed by atoms with Crippen molar-refractivity contribution in [3.63, 3.8) is 0 Å². The molecule has 0 aliphatic carbocycles. The summed E-state index contributed by atoms with van der Waals surface area (Å²) in [6.45, 7) is 0.0482. The van der Waals surface area contributed by atoms with Crippen molar-refractivity contribution in [1.82, 2.24) is 0 Å². The number of carbonyl (C=O) groups is 3. The van der Waals surface area contributed by atoms with Crippen LogP contribution in [0.2, 0.25) is 0 Å². The van der Waals surface area contributed by atoms with Gasteiger partial charge >= 0.3 is 17.9 Å². The number of ether oxygens (including phenoxy) is 2. The quantitative estimate of drug-likeness (QED) is 0.579. The van der Waals surface area contributed by atoms with Gasteiger partial charge in [-0.25, -0.2) is 9.59 Å². The fraction of sp³-hybridized carbons (Fsp3) is 0.150. The smallest absolute Gasteiger partial charge is 0.332 e. The molecule has 134 valence electrons. The first kappa shape index (κ1) is 18.9. The molecule has 0 atom stereocenters. The van der Waals surface area contributed by atoms with E-state index in [0.717, 1.165) is 17.2 Å². The third-order valence-electron chi connectivity index (χ3n) is 3.37. The highest BCUT2D eigenvalue weighted by Gasteiger charge is 2.16. The van der Waals surface area contributed by atoms with Crippen LogP contribution in [-0.4, -0.2) is 23.0 Å². The molecule has 0 aromatic heterocycles. The zero-order valence-corrected chi connectivity index (χ0v) is 14.0. The molecular weight excluding hydrogens is 336 g/mol. The number of carbonyl (C=O) groups excluding carboxylic acids is 2. The van der Waals surface area contributed by atoms with Gasteiger partial charge in [0.15, 0.2) is 0 Å². The third-order valence-corrected chi connectivity index (χ3v) is 3.37. The number of carboxylic acids is 1. The molecule has 2 aromatic carbocycles. The van der Waals surface area contributed by atoms with Crippen LogP contribution in [0.15, 0.2) is 72.3 Å². The Morgan fingerprint density at radius 2 is 1.31 bits per heavy atom. The van der Waals surface area contributed by atoms with Gasteiger partial charge in [0.2, 0.25) is 0 Å². The molecule has 0 saturated carbocycles. The first-order valence-electron chi connectivity index (χ1n) is 7.88. The Morgan fingerprint density at radius 1 is 0.808 bits per heavy atom. The number of hydrogen-bond acceptors (Lipinski definition) is 5. The number of benzene rings is 2. The van der Waals surface area contributed by atoms with Crippen molar-refractivity contribution in [3.8, 4) is 0 Å². The largest absolute Gasteiger partial charge is 0.478 e. The van der Waals surface area contributed by atoms with Gasteiger partial charge in [-0.3, -0.25) is 4.79 Å². The molecular formula is C20H18O6. The fourth-order valence-electron chi connectivity index (χ4n) is 2.05. The van der Waals surface area contributed by atoms with Gasteiger partial charge in [0.05, 0.1) is 12.0 Å². The topological polar surface area (TPSA) is 89.9 Å². The number of hydrogen-bond donors (Lipinski definition) is 1. The van der Waals surface area contributed by atoms with E-state index < -0.39 is 24.3 Å². The van der Waals surface area contributed by atoms with Gasteiger partial charge < -0.3 is 14.6 Å². The summed E-state index contributed by atoms with van der Waals surface area (Å²) < 4.78 is 10.0. The Bertz CT molecular complexity index is 780. The van der Waals surface area contributed by atoms with Crippen LogP contribution >= 0.6 is 0 Å². The average molecular weight is 354 g/mol. The summed E-state index contributed by atoms with van der Waals surface area (Å²) in [7, 11) is 0. The van der Waals surface area contributed by atoms with E-state index in [9.17, 15) is 14.4 Å². The first-order chi connectivity index (χ1) is 12.5. The normalized spacial score (nSPS) is 10.8. The minimum atomic E-state index is -1.38. The van der Waals surface area contributed by atoms with E-state index in [-0.39, 0.29) is 18.8 Å². The molecule has 1 N–H and O–H groups in total. The van der Waals surface area contributed by atoms with Crippen LogP contribution in [0.5, 0.6) is 0 Å². The molecule has 0 amide bonds. The lowest BCUT2D eigenvalue weighted by atomic mass is 10.2. The van der Waals surface area contributed by atoms with Crippen molar-refractivity contribution in [3.05, 3.63) is 83.4 Å². The molecule has 0 aliphatic heterocycles. The lowest BCUT2D eigenvalue weighted by molar-refractivity contribution is -0.146. The predicted octanol–water partition coefficient (Wildman–Crippen LogP) is 2.87. The average Bonchev–Trinajstić information content (AvgIpc) is 2.66. The predicted molar refractivity (Wildman–Crippen MR) is 92.8 cm³/mol. The number of esters is 2. The third kappa shape index (κ3) is 6.60. The summed E-state index contributed by atoms with van der Waals surface area (Å²) >= 11 is 0. The van der Waals surface area contributed by atoms with Gasteiger partial charge in [-0.2, -0.15) is 0 Å². The molecule has 0 heterocycles. The van der Waals surface area contributed by atoms with Crippen LogP contribution in [0.25, 0.3) is 0 Å². The molecule has 2 aromatic rings. The van der Waals surface area contributed by atoms with E-state index >= 15 is 0 Å². The second kappa shape index (κ2) is 9.78. The standard InChI is InChI=1S/C20H18O6/c21-18(25-13-15-7-3-1-4-8-15)11-17(20(23)24)12-19(22)26-14-16-9-5-2-6-10-16/h1-11H,12-14H2,(H,23,24). The fourth-order valence-corrected chi connectivity index (χ4v) is 2.05. The molecule has 0 radical (unpaired) electrons. The van der Waals surface area contributed by atoms with Crippen LogP contribution in [-0.2, 0) is 37.1 Å². The van der Waals surface area contributed by atoms with Gasteiger partial charge in [-0.15, -0.1) is 0 Å². The Kier molecular flexibility index (Phi) is 7.12. The first-order valence-corrected chi connectivity index (χ1v) is 7.88. The second-order valence-corrected chi connectivity index (χ2v) is 5.39. The zero-order chi connectivity index (χ0) is 18.8. The highest BCUT2D eigenvalue weighted by Crippen LogP contribution is 2.08. The van der Waals surface area contributed by atoms with E-state index in [2.05, 4.69) is 0 Å². The van der Waals surface area contributed by atoms with Crippen LogP contribution in [0.4, 0.5) is 0 Å². The van der Waals surface area contributed by atoms with Crippen LogP contribution < -0.4 is 0 Å². The zero-order valence-electron chi connectivity index (χ0n) is 14.0. The maximum Gasteiger partial charge on any atom is 0.332 e. The van der Waals surface area contributed by atoms with Crippen molar-refractivity contribution in [1.29, 1.82) is 0 Å². The summed E-state index contributed by atoms with van der Waals surface area (Å²) in [6.07, 6.45) is 0.275. The van der Waals surface area contributed by atoms with Crippen molar-refractivity contribution < 1.29 is 29.0 Å². The monoisotopic (exact) mass is 354 g/mol. The summed E-state index contributed by atoms with van der Waals surface area (Å²) in [4.78, 5) is 34.8. The van der Waals surface area contributed by atoms with Crippen molar-refractivity contribution in [2.45, 2.75) is 19.6 Å². The Labute approximate surface area is 150 Å². The molecule has 0 spiro atoms. The lowest BCUT2D eigenvalue weighted by Crippen LogP contribution is -2.13.